The molecule has 0 aliphatic carbocycles. The molecule has 0 fully saturated rings. The molecule has 4 aromatic rings. The molecule has 0 radical (unpaired) electrons. The molecular weight excluding hydrogens is 633 g/mol. The van der Waals surface area contributed by atoms with Crippen LogP contribution in [0.1, 0.15) is 37.5 Å². The van der Waals surface area contributed by atoms with Crippen LogP contribution in [0, 0.1) is 12.7 Å². The summed E-state index contributed by atoms with van der Waals surface area (Å²) in [6.45, 7) is 7.47. The Hall–Kier alpha value is -4.90. The van der Waals surface area contributed by atoms with Crippen molar-refractivity contribution >= 4 is 27.5 Å². The minimum atomic E-state index is -4.41. The van der Waals surface area contributed by atoms with E-state index in [0.717, 1.165) is 33.1 Å². The van der Waals surface area contributed by atoms with Crippen molar-refractivity contribution in [1.29, 1.82) is 0 Å². The monoisotopic (exact) mass is 673 g/mol. The summed E-state index contributed by atoms with van der Waals surface area (Å²) in [4.78, 5) is 29.9. The van der Waals surface area contributed by atoms with Crippen LogP contribution >= 0.6 is 0 Å². The molecule has 11 heteroatoms. The van der Waals surface area contributed by atoms with Gasteiger partial charge in [0, 0.05) is 24.6 Å². The molecule has 2 amide bonds. The molecular formula is C37H40FN3O6S. The van der Waals surface area contributed by atoms with Crippen LogP contribution < -0.4 is 19.1 Å². The molecule has 48 heavy (non-hydrogen) atoms. The van der Waals surface area contributed by atoms with Crippen molar-refractivity contribution in [2.75, 3.05) is 24.1 Å². The van der Waals surface area contributed by atoms with Crippen LogP contribution in [0.3, 0.4) is 0 Å². The molecule has 252 valence electrons. The van der Waals surface area contributed by atoms with Gasteiger partial charge < -0.3 is 19.7 Å². The van der Waals surface area contributed by atoms with Gasteiger partial charge >= 0.3 is 0 Å². The van der Waals surface area contributed by atoms with Gasteiger partial charge in [-0.1, -0.05) is 60.2 Å². The summed E-state index contributed by atoms with van der Waals surface area (Å²) >= 11 is 0. The highest BCUT2D eigenvalue weighted by Crippen LogP contribution is 2.34. The van der Waals surface area contributed by atoms with E-state index >= 15 is 0 Å². The zero-order chi connectivity index (χ0) is 34.5. The van der Waals surface area contributed by atoms with Crippen molar-refractivity contribution in [2.24, 2.45) is 0 Å². The minimum Gasteiger partial charge on any atom is -0.486 e. The number of carbonyl (C=O) groups is 2. The van der Waals surface area contributed by atoms with Crippen LogP contribution in [0.4, 0.5) is 10.1 Å². The Bertz CT molecular complexity index is 1840. The molecule has 0 unspecified atom stereocenters. The number of ether oxygens (including phenoxy) is 2. The largest absolute Gasteiger partial charge is 0.486 e. The quantitative estimate of drug-likeness (QED) is 0.221. The molecule has 0 saturated carbocycles. The van der Waals surface area contributed by atoms with Crippen molar-refractivity contribution in [2.45, 2.75) is 57.1 Å². The van der Waals surface area contributed by atoms with Crippen molar-refractivity contribution in [3.8, 4) is 11.5 Å². The van der Waals surface area contributed by atoms with Crippen LogP contribution in [-0.2, 0) is 32.6 Å². The summed E-state index contributed by atoms with van der Waals surface area (Å²) in [7, 11) is -4.41. The van der Waals surface area contributed by atoms with Crippen molar-refractivity contribution < 1.29 is 31.9 Å². The van der Waals surface area contributed by atoms with Crippen LogP contribution in [-0.4, -0.2) is 56.5 Å². The number of benzene rings is 4. The highest BCUT2D eigenvalue weighted by atomic mass is 32.2. The molecule has 4 aromatic carbocycles. The molecule has 1 aliphatic rings. The van der Waals surface area contributed by atoms with Crippen molar-refractivity contribution in [3.63, 3.8) is 0 Å². The van der Waals surface area contributed by atoms with Gasteiger partial charge in [0.1, 0.15) is 31.6 Å². The molecule has 9 nitrogen and oxygen atoms in total. The van der Waals surface area contributed by atoms with Crippen LogP contribution in [0.2, 0.25) is 0 Å². The molecule has 0 saturated heterocycles. The Kier molecular flexibility index (Phi) is 10.4. The molecule has 1 heterocycles. The molecule has 1 atom stereocenters. The van der Waals surface area contributed by atoms with Gasteiger partial charge in [0.25, 0.3) is 10.0 Å². The first-order valence-electron chi connectivity index (χ1n) is 15.7. The topological polar surface area (TPSA) is 105 Å². The smallest absolute Gasteiger partial charge is 0.264 e. The lowest BCUT2D eigenvalue weighted by atomic mass is 10.0. The number of carbonyl (C=O) groups excluding carboxylic acids is 2. The lowest BCUT2D eigenvalue weighted by molar-refractivity contribution is -0.140. The Labute approximate surface area is 281 Å². The third kappa shape index (κ3) is 8.51. The Morgan fingerprint density at radius 2 is 1.50 bits per heavy atom. The Balaban J connectivity index is 1.58. The third-order valence-electron chi connectivity index (χ3n) is 7.74. The van der Waals surface area contributed by atoms with Crippen LogP contribution in [0.5, 0.6) is 11.5 Å². The number of fused-ring (bicyclic) bond motifs is 1. The first-order valence-corrected chi connectivity index (χ1v) is 17.1. The number of amides is 2. The van der Waals surface area contributed by atoms with Crippen LogP contribution in [0.25, 0.3) is 0 Å². The predicted molar refractivity (Wildman–Crippen MR) is 182 cm³/mol. The summed E-state index contributed by atoms with van der Waals surface area (Å²) in [5.74, 6) is -0.900. The molecule has 0 bridgehead atoms. The maximum Gasteiger partial charge on any atom is 0.264 e. The van der Waals surface area contributed by atoms with E-state index in [4.69, 9.17) is 9.47 Å². The second kappa shape index (κ2) is 14.5. The first kappa shape index (κ1) is 34.4. The zero-order valence-corrected chi connectivity index (χ0v) is 28.3. The highest BCUT2D eigenvalue weighted by molar-refractivity contribution is 7.92. The molecule has 1 N–H and O–H groups in total. The predicted octanol–water partition coefficient (Wildman–Crippen LogP) is 5.66. The fourth-order valence-electron chi connectivity index (χ4n) is 5.34. The zero-order valence-electron chi connectivity index (χ0n) is 27.5. The normalized spacial score (nSPS) is 13.4. The second-order valence-corrected chi connectivity index (χ2v) is 14.6. The lowest BCUT2D eigenvalue weighted by Gasteiger charge is -2.35. The number of aryl methyl sites for hydroxylation is 1. The van der Waals surface area contributed by atoms with Gasteiger partial charge in [-0.15, -0.1) is 0 Å². The maximum absolute atomic E-state index is 14.6. The van der Waals surface area contributed by atoms with E-state index in [9.17, 15) is 22.4 Å². The fraction of sp³-hybridized carbons (Fsp3) is 0.297. The van der Waals surface area contributed by atoms with E-state index in [1.165, 1.54) is 35.2 Å². The van der Waals surface area contributed by atoms with Gasteiger partial charge in [-0.2, -0.15) is 0 Å². The SMILES string of the molecule is Cc1ccc(CN(C(=O)CN(c2ccc(F)cc2)S(=O)(=O)c2ccc3c(c2)OCCO3)[C@@H](Cc2ccccc2)C(=O)NC(C)(C)C)cc1. The molecule has 0 spiro atoms. The summed E-state index contributed by atoms with van der Waals surface area (Å²) < 4.78 is 54.8. The van der Waals surface area contributed by atoms with Gasteiger partial charge in [0.2, 0.25) is 11.8 Å². The fourth-order valence-corrected chi connectivity index (χ4v) is 6.77. The van der Waals surface area contributed by atoms with Gasteiger partial charge in [-0.3, -0.25) is 13.9 Å². The number of hydrogen-bond acceptors (Lipinski definition) is 6. The number of nitrogens with one attached hydrogen (secondary N) is 1. The second-order valence-electron chi connectivity index (χ2n) is 12.7. The summed E-state index contributed by atoms with van der Waals surface area (Å²) in [6, 6.07) is 25.0. The average molecular weight is 674 g/mol. The van der Waals surface area contributed by atoms with Gasteiger partial charge in [0.05, 0.1) is 10.6 Å². The number of hydrogen-bond donors (Lipinski definition) is 1. The van der Waals surface area contributed by atoms with Crippen LogP contribution in [0.15, 0.2) is 102 Å². The van der Waals surface area contributed by atoms with E-state index in [1.807, 2.05) is 82.3 Å². The number of rotatable bonds is 11. The van der Waals surface area contributed by atoms with Gasteiger partial charge in [-0.05, 0) is 75.2 Å². The number of halogens is 1. The van der Waals surface area contributed by atoms with E-state index in [1.54, 1.807) is 0 Å². The van der Waals surface area contributed by atoms with E-state index in [2.05, 4.69) is 5.32 Å². The molecule has 0 aromatic heterocycles. The van der Waals surface area contributed by atoms with E-state index in [-0.39, 0.29) is 41.8 Å². The van der Waals surface area contributed by atoms with Crippen molar-refractivity contribution in [3.05, 3.63) is 120 Å². The van der Waals surface area contributed by atoms with Gasteiger partial charge in [-0.25, -0.2) is 12.8 Å². The molecule has 5 rings (SSSR count). The summed E-state index contributed by atoms with van der Waals surface area (Å²) in [5.41, 5.74) is 2.09. The summed E-state index contributed by atoms with van der Waals surface area (Å²) in [5, 5.41) is 3.01. The number of sulfonamides is 1. The first-order chi connectivity index (χ1) is 22.8. The minimum absolute atomic E-state index is 0.0372. The Morgan fingerprint density at radius 1 is 0.854 bits per heavy atom. The van der Waals surface area contributed by atoms with E-state index in [0.29, 0.717) is 12.4 Å². The van der Waals surface area contributed by atoms with E-state index < -0.39 is 39.9 Å². The third-order valence-corrected chi connectivity index (χ3v) is 9.51. The van der Waals surface area contributed by atoms with Gasteiger partial charge in [0.15, 0.2) is 11.5 Å². The Morgan fingerprint density at radius 3 is 2.15 bits per heavy atom. The number of nitrogens with zero attached hydrogens (tertiary/aromatic N) is 2. The summed E-state index contributed by atoms with van der Waals surface area (Å²) in [6.07, 6.45) is 0.186. The lowest BCUT2D eigenvalue weighted by Crippen LogP contribution is -2.56. The standard InChI is InChI=1S/C37H40FN3O6S/c1-26-10-12-28(13-11-26)24-40(32(36(43)39-37(2,3)4)22-27-8-6-5-7-9-27)35(42)25-41(30-16-14-29(38)15-17-30)48(44,45)31-18-19-33-34(23-31)47-21-20-46-33/h5-19,23,32H,20-22,24-25H2,1-4H3,(H,39,43)/t32-/m0/s1. The molecule has 1 aliphatic heterocycles. The maximum atomic E-state index is 14.6. The van der Waals surface area contributed by atoms with Crippen molar-refractivity contribution in [1.82, 2.24) is 10.2 Å². The average Bonchev–Trinajstić information content (AvgIpc) is 3.06. The number of anilines is 1. The highest BCUT2D eigenvalue weighted by Gasteiger charge is 2.36.